The lowest BCUT2D eigenvalue weighted by Crippen LogP contribution is -2.27. The molecule has 0 aliphatic rings. The lowest BCUT2D eigenvalue weighted by molar-refractivity contribution is 0.545. The van der Waals surface area contributed by atoms with Gasteiger partial charge in [0.1, 0.15) is 5.84 Å². The molecule has 0 rings (SSSR count). The standard InChI is InChI=1S/C31H42N2/c1-11-25(4)18-14-15-19-27(6)22-28(7)23-29(8)30(13-3)20-16-17-21-31(32-9)33(10)24-26(5)12-2/h11-18,20,22-23H,1-3,5-6,19,21,24H2,4,7-10H3/b15-14-,17-16-,25-18-,28-22-,29-23+,30-20+,32-31-. The van der Waals surface area contributed by atoms with Gasteiger partial charge in [-0.15, -0.1) is 0 Å². The Balaban J connectivity index is 5.11. The van der Waals surface area contributed by atoms with E-state index in [4.69, 9.17) is 0 Å². The van der Waals surface area contributed by atoms with Crippen molar-refractivity contribution in [2.45, 2.75) is 33.6 Å². The first-order chi connectivity index (χ1) is 15.7. The molecule has 0 heterocycles. The normalized spacial score (nSPS) is 14.0. The Morgan fingerprint density at radius 1 is 0.788 bits per heavy atom. The van der Waals surface area contributed by atoms with Crippen LogP contribution in [0.5, 0.6) is 0 Å². The van der Waals surface area contributed by atoms with Crippen molar-refractivity contribution in [3.8, 4) is 0 Å². The summed E-state index contributed by atoms with van der Waals surface area (Å²) in [5.74, 6) is 0.997. The summed E-state index contributed by atoms with van der Waals surface area (Å²) in [6.07, 6.45) is 23.8. The van der Waals surface area contributed by atoms with Gasteiger partial charge in [0.25, 0.3) is 0 Å². The molecule has 2 nitrogen and oxygen atoms in total. The van der Waals surface area contributed by atoms with Crippen molar-refractivity contribution in [1.82, 2.24) is 4.90 Å². The van der Waals surface area contributed by atoms with Gasteiger partial charge in [0.15, 0.2) is 0 Å². The number of allylic oxidation sites excluding steroid dienone is 14. The summed E-state index contributed by atoms with van der Waals surface area (Å²) >= 11 is 0. The molecule has 0 aromatic rings. The van der Waals surface area contributed by atoms with Gasteiger partial charge in [0, 0.05) is 27.1 Å². The molecular formula is C31H42N2. The van der Waals surface area contributed by atoms with Crippen LogP contribution in [0.4, 0.5) is 0 Å². The van der Waals surface area contributed by atoms with Crippen molar-refractivity contribution >= 4 is 5.84 Å². The van der Waals surface area contributed by atoms with E-state index in [0.29, 0.717) is 0 Å². The quantitative estimate of drug-likeness (QED) is 0.150. The van der Waals surface area contributed by atoms with Gasteiger partial charge in [-0.05, 0) is 43.9 Å². The fraction of sp³-hybridized carbons (Fsp3) is 0.258. The van der Waals surface area contributed by atoms with Crippen LogP contribution in [0.25, 0.3) is 0 Å². The van der Waals surface area contributed by atoms with E-state index in [9.17, 15) is 0 Å². The molecule has 2 heteroatoms. The summed E-state index contributed by atoms with van der Waals surface area (Å²) in [7, 11) is 3.83. The molecule has 0 radical (unpaired) electrons. The van der Waals surface area contributed by atoms with E-state index < -0.39 is 0 Å². The number of hydrogen-bond donors (Lipinski definition) is 0. The lowest BCUT2D eigenvalue weighted by atomic mass is 10.0. The lowest BCUT2D eigenvalue weighted by Gasteiger charge is -2.20. The number of hydrogen-bond acceptors (Lipinski definition) is 1. The molecule has 176 valence electrons. The average molecular weight is 443 g/mol. The molecule has 0 N–H and O–H groups in total. The summed E-state index contributed by atoms with van der Waals surface area (Å²) < 4.78 is 0. The number of aliphatic imine (C=N–C) groups is 1. The van der Waals surface area contributed by atoms with Gasteiger partial charge in [0.05, 0.1) is 0 Å². The third kappa shape index (κ3) is 13.6. The van der Waals surface area contributed by atoms with E-state index in [2.05, 4.69) is 93.1 Å². The van der Waals surface area contributed by atoms with Crippen molar-refractivity contribution in [3.05, 3.63) is 133 Å². The van der Waals surface area contributed by atoms with Crippen LogP contribution < -0.4 is 0 Å². The molecule has 0 fully saturated rings. The van der Waals surface area contributed by atoms with Crippen molar-refractivity contribution in [3.63, 3.8) is 0 Å². The van der Waals surface area contributed by atoms with E-state index in [0.717, 1.165) is 58.7 Å². The van der Waals surface area contributed by atoms with E-state index in [1.807, 2.05) is 45.3 Å². The maximum absolute atomic E-state index is 4.39. The number of nitrogens with zero attached hydrogens (tertiary/aromatic N) is 2. The molecule has 33 heavy (non-hydrogen) atoms. The zero-order valence-corrected chi connectivity index (χ0v) is 21.4. The van der Waals surface area contributed by atoms with Crippen LogP contribution in [0, 0.1) is 0 Å². The Labute approximate surface area is 203 Å². The highest BCUT2D eigenvalue weighted by Gasteiger charge is 2.04. The second-order valence-electron chi connectivity index (χ2n) is 7.94. The van der Waals surface area contributed by atoms with Gasteiger partial charge in [-0.3, -0.25) is 4.99 Å². The second-order valence-corrected chi connectivity index (χ2v) is 7.94. The van der Waals surface area contributed by atoms with Crippen molar-refractivity contribution in [2.24, 2.45) is 4.99 Å². The third-order valence-corrected chi connectivity index (χ3v) is 4.89. The first-order valence-corrected chi connectivity index (χ1v) is 11.1. The Kier molecular flexibility index (Phi) is 15.4. The van der Waals surface area contributed by atoms with Gasteiger partial charge in [-0.1, -0.05) is 116 Å². The Morgan fingerprint density at radius 2 is 1.42 bits per heavy atom. The molecule has 0 aliphatic carbocycles. The molecule has 0 atom stereocenters. The van der Waals surface area contributed by atoms with Crippen molar-refractivity contribution in [1.29, 1.82) is 0 Å². The van der Waals surface area contributed by atoms with Gasteiger partial charge in [-0.25, -0.2) is 0 Å². The number of rotatable bonds is 14. The minimum absolute atomic E-state index is 0.720. The molecule has 0 saturated carbocycles. The maximum atomic E-state index is 4.39. The maximum Gasteiger partial charge on any atom is 0.102 e. The van der Waals surface area contributed by atoms with Crippen molar-refractivity contribution < 1.29 is 0 Å². The molecular weight excluding hydrogens is 400 g/mol. The van der Waals surface area contributed by atoms with Crippen LogP contribution in [-0.2, 0) is 0 Å². The summed E-state index contributed by atoms with van der Waals surface area (Å²) in [6, 6.07) is 0. The molecule has 0 spiro atoms. The van der Waals surface area contributed by atoms with E-state index in [-0.39, 0.29) is 0 Å². The first-order valence-electron chi connectivity index (χ1n) is 11.1. The highest BCUT2D eigenvalue weighted by atomic mass is 15.2. The van der Waals surface area contributed by atoms with Crippen LogP contribution in [-0.4, -0.2) is 31.4 Å². The molecule has 0 amide bonds. The largest absolute Gasteiger partial charge is 0.359 e. The summed E-state index contributed by atoms with van der Waals surface area (Å²) in [5, 5.41) is 0. The van der Waals surface area contributed by atoms with Gasteiger partial charge in [-0.2, -0.15) is 0 Å². The molecule has 0 aromatic carbocycles. The molecule has 0 saturated heterocycles. The molecule has 0 unspecified atom stereocenters. The fourth-order valence-corrected chi connectivity index (χ4v) is 2.94. The van der Waals surface area contributed by atoms with Crippen LogP contribution >= 0.6 is 0 Å². The van der Waals surface area contributed by atoms with Crippen LogP contribution in [0.2, 0.25) is 0 Å². The number of likely N-dealkylation sites (N-methyl/N-ethyl adjacent to an activating group) is 1. The predicted octanol–water partition coefficient (Wildman–Crippen LogP) is 8.27. The van der Waals surface area contributed by atoms with Gasteiger partial charge >= 0.3 is 0 Å². The summed E-state index contributed by atoms with van der Waals surface area (Å²) in [5.41, 5.74) is 6.57. The molecule has 0 aromatic heterocycles. The fourth-order valence-electron chi connectivity index (χ4n) is 2.94. The Hall–Kier alpha value is -3.39. The summed E-state index contributed by atoms with van der Waals surface area (Å²) in [6.45, 7) is 26.5. The Morgan fingerprint density at radius 3 is 2.00 bits per heavy atom. The van der Waals surface area contributed by atoms with E-state index in [1.54, 1.807) is 6.08 Å². The van der Waals surface area contributed by atoms with E-state index >= 15 is 0 Å². The minimum atomic E-state index is 0.720. The number of amidine groups is 1. The summed E-state index contributed by atoms with van der Waals surface area (Å²) in [4.78, 5) is 6.48. The monoisotopic (exact) mass is 442 g/mol. The topological polar surface area (TPSA) is 15.6 Å². The van der Waals surface area contributed by atoms with Crippen molar-refractivity contribution in [2.75, 3.05) is 20.6 Å². The van der Waals surface area contributed by atoms with E-state index in [1.165, 1.54) is 0 Å². The Bertz CT molecular complexity index is 924. The highest BCUT2D eigenvalue weighted by Crippen LogP contribution is 2.15. The minimum Gasteiger partial charge on any atom is -0.359 e. The zero-order valence-electron chi connectivity index (χ0n) is 21.4. The smallest absolute Gasteiger partial charge is 0.102 e. The van der Waals surface area contributed by atoms with Crippen LogP contribution in [0.1, 0.15) is 33.6 Å². The van der Waals surface area contributed by atoms with Crippen LogP contribution in [0.15, 0.2) is 138 Å². The average Bonchev–Trinajstić information content (AvgIpc) is 2.78. The highest BCUT2D eigenvalue weighted by molar-refractivity contribution is 5.83. The first kappa shape index (κ1) is 29.6. The predicted molar refractivity (Wildman–Crippen MR) is 152 cm³/mol. The molecule has 0 bridgehead atoms. The third-order valence-electron chi connectivity index (χ3n) is 4.89. The second kappa shape index (κ2) is 17.2. The van der Waals surface area contributed by atoms with Gasteiger partial charge < -0.3 is 4.90 Å². The molecule has 0 aliphatic heterocycles. The zero-order chi connectivity index (χ0) is 25.2. The SMILES string of the molecule is C=CC(=C)CN(C)/C(C\C=C/C=C(C=C)/C(C)=C/C(C)=C\C(=C)C/C=C\C=C(\C)C=C)=N\C. The van der Waals surface area contributed by atoms with Crippen LogP contribution in [0.3, 0.4) is 0 Å². The van der Waals surface area contributed by atoms with Gasteiger partial charge in [0.2, 0.25) is 0 Å².